The van der Waals surface area contributed by atoms with Gasteiger partial charge < -0.3 is 5.32 Å². The third kappa shape index (κ3) is 6.26. The second-order valence-corrected chi connectivity index (χ2v) is 6.02. The molecule has 0 saturated heterocycles. The zero-order chi connectivity index (χ0) is 14.1. The Bertz CT molecular complexity index is 285. The van der Waals surface area contributed by atoms with Crippen molar-refractivity contribution in [3.63, 3.8) is 0 Å². The molecule has 0 bridgehead atoms. The standard InChI is InChI=1S/C17H31NO/c1-4-6-8-14(3)15-10-12-16(13-11-15)18-17(19)9-7-5-2/h10,12,14-16H,4-9,11,13H2,1-3H3,(H,18,19). The molecule has 0 aliphatic heterocycles. The fourth-order valence-electron chi connectivity index (χ4n) is 2.79. The Kier molecular flexibility index (Phi) is 7.85. The molecule has 1 aliphatic carbocycles. The first-order chi connectivity index (χ1) is 9.17. The summed E-state index contributed by atoms with van der Waals surface area (Å²) in [5.74, 6) is 1.72. The van der Waals surface area contributed by atoms with Gasteiger partial charge in [-0.1, -0.05) is 58.6 Å². The number of allylic oxidation sites excluding steroid dienone is 1. The SMILES string of the molecule is CCCCC(=O)NC1C=CC(C(C)CCCC)CC1. The van der Waals surface area contributed by atoms with Crippen LogP contribution in [0.3, 0.4) is 0 Å². The van der Waals surface area contributed by atoms with Gasteiger partial charge in [0.05, 0.1) is 0 Å². The van der Waals surface area contributed by atoms with Crippen molar-refractivity contribution in [2.24, 2.45) is 11.8 Å². The Hall–Kier alpha value is -0.790. The Balaban J connectivity index is 2.30. The summed E-state index contributed by atoms with van der Waals surface area (Å²) in [6.07, 6.45) is 13.6. The van der Waals surface area contributed by atoms with Crippen LogP contribution in [-0.2, 0) is 4.79 Å². The van der Waals surface area contributed by atoms with Crippen LogP contribution in [0, 0.1) is 11.8 Å². The summed E-state index contributed by atoms with van der Waals surface area (Å²) in [5.41, 5.74) is 0. The molecule has 19 heavy (non-hydrogen) atoms. The van der Waals surface area contributed by atoms with Crippen LogP contribution in [-0.4, -0.2) is 11.9 Å². The van der Waals surface area contributed by atoms with Gasteiger partial charge in [-0.3, -0.25) is 4.79 Å². The highest BCUT2D eigenvalue weighted by atomic mass is 16.1. The topological polar surface area (TPSA) is 29.1 Å². The second-order valence-electron chi connectivity index (χ2n) is 6.02. The van der Waals surface area contributed by atoms with Crippen molar-refractivity contribution in [2.45, 2.75) is 78.2 Å². The maximum absolute atomic E-state index is 11.7. The van der Waals surface area contributed by atoms with Gasteiger partial charge >= 0.3 is 0 Å². The van der Waals surface area contributed by atoms with Gasteiger partial charge in [0.25, 0.3) is 0 Å². The van der Waals surface area contributed by atoms with E-state index in [1.165, 1.54) is 25.7 Å². The lowest BCUT2D eigenvalue weighted by molar-refractivity contribution is -0.121. The molecule has 0 fully saturated rings. The maximum atomic E-state index is 11.7. The van der Waals surface area contributed by atoms with Crippen LogP contribution >= 0.6 is 0 Å². The molecule has 0 heterocycles. The van der Waals surface area contributed by atoms with Crippen molar-refractivity contribution in [3.05, 3.63) is 12.2 Å². The number of unbranched alkanes of at least 4 members (excludes halogenated alkanes) is 2. The quantitative estimate of drug-likeness (QED) is 0.645. The van der Waals surface area contributed by atoms with Gasteiger partial charge in [0.15, 0.2) is 0 Å². The summed E-state index contributed by atoms with van der Waals surface area (Å²) in [6.45, 7) is 6.74. The predicted molar refractivity (Wildman–Crippen MR) is 82.0 cm³/mol. The zero-order valence-electron chi connectivity index (χ0n) is 13.0. The lowest BCUT2D eigenvalue weighted by atomic mass is 9.81. The Morgan fingerprint density at radius 2 is 1.95 bits per heavy atom. The molecular weight excluding hydrogens is 234 g/mol. The van der Waals surface area contributed by atoms with E-state index in [-0.39, 0.29) is 11.9 Å². The van der Waals surface area contributed by atoms with Crippen LogP contribution in [0.2, 0.25) is 0 Å². The van der Waals surface area contributed by atoms with E-state index in [1.807, 2.05) is 0 Å². The number of amides is 1. The lowest BCUT2D eigenvalue weighted by Gasteiger charge is -2.28. The van der Waals surface area contributed by atoms with Crippen molar-refractivity contribution in [2.75, 3.05) is 0 Å². The van der Waals surface area contributed by atoms with Gasteiger partial charge in [-0.25, -0.2) is 0 Å². The smallest absolute Gasteiger partial charge is 0.220 e. The lowest BCUT2D eigenvalue weighted by Crippen LogP contribution is -2.35. The molecule has 0 radical (unpaired) electrons. The Morgan fingerprint density at radius 3 is 2.53 bits per heavy atom. The number of hydrogen-bond acceptors (Lipinski definition) is 1. The summed E-state index contributed by atoms with van der Waals surface area (Å²) >= 11 is 0. The molecule has 0 saturated carbocycles. The minimum Gasteiger partial charge on any atom is -0.350 e. The van der Waals surface area contributed by atoms with E-state index in [2.05, 4.69) is 38.2 Å². The zero-order valence-corrected chi connectivity index (χ0v) is 13.0. The molecule has 3 atom stereocenters. The van der Waals surface area contributed by atoms with Gasteiger partial charge in [-0.05, 0) is 31.1 Å². The van der Waals surface area contributed by atoms with Crippen molar-refractivity contribution in [1.29, 1.82) is 0 Å². The van der Waals surface area contributed by atoms with Crippen LogP contribution in [0.1, 0.15) is 72.1 Å². The molecule has 0 aromatic carbocycles. The third-order valence-corrected chi connectivity index (χ3v) is 4.25. The summed E-state index contributed by atoms with van der Waals surface area (Å²) in [7, 11) is 0. The summed E-state index contributed by atoms with van der Waals surface area (Å²) in [5, 5.41) is 3.13. The van der Waals surface area contributed by atoms with E-state index in [9.17, 15) is 4.79 Å². The average molecular weight is 265 g/mol. The predicted octanol–water partition coefficient (Wildman–Crippen LogP) is 4.45. The van der Waals surface area contributed by atoms with Crippen LogP contribution < -0.4 is 5.32 Å². The van der Waals surface area contributed by atoms with Crippen LogP contribution in [0.15, 0.2) is 12.2 Å². The molecule has 2 nitrogen and oxygen atoms in total. The number of carbonyl (C=O) groups excluding carboxylic acids is 1. The molecule has 0 aromatic rings. The van der Waals surface area contributed by atoms with Gasteiger partial charge in [-0.15, -0.1) is 0 Å². The first-order valence-electron chi connectivity index (χ1n) is 8.15. The average Bonchev–Trinajstić information content (AvgIpc) is 2.43. The normalized spacial score (nSPS) is 24.2. The molecule has 1 amide bonds. The van der Waals surface area contributed by atoms with E-state index in [0.29, 0.717) is 6.42 Å². The maximum Gasteiger partial charge on any atom is 0.220 e. The van der Waals surface area contributed by atoms with Crippen molar-refractivity contribution in [1.82, 2.24) is 5.32 Å². The molecule has 3 unspecified atom stereocenters. The molecule has 1 N–H and O–H groups in total. The second kappa shape index (κ2) is 9.17. The molecule has 0 spiro atoms. The van der Waals surface area contributed by atoms with Gasteiger partial charge in [0, 0.05) is 12.5 Å². The van der Waals surface area contributed by atoms with E-state index in [4.69, 9.17) is 0 Å². The first-order valence-corrected chi connectivity index (χ1v) is 8.15. The summed E-state index contributed by atoms with van der Waals surface area (Å²) in [4.78, 5) is 11.7. The van der Waals surface area contributed by atoms with Crippen molar-refractivity contribution in [3.8, 4) is 0 Å². The largest absolute Gasteiger partial charge is 0.350 e. The molecule has 1 rings (SSSR count). The minimum atomic E-state index is 0.217. The highest BCUT2D eigenvalue weighted by Gasteiger charge is 2.21. The van der Waals surface area contributed by atoms with Gasteiger partial charge in [0.1, 0.15) is 0 Å². The number of carbonyl (C=O) groups is 1. The van der Waals surface area contributed by atoms with Crippen molar-refractivity contribution >= 4 is 5.91 Å². The fraction of sp³-hybridized carbons (Fsp3) is 0.824. The summed E-state index contributed by atoms with van der Waals surface area (Å²) < 4.78 is 0. The number of hydrogen-bond donors (Lipinski definition) is 1. The Morgan fingerprint density at radius 1 is 1.21 bits per heavy atom. The molecule has 110 valence electrons. The van der Waals surface area contributed by atoms with Crippen molar-refractivity contribution < 1.29 is 4.79 Å². The van der Waals surface area contributed by atoms with E-state index >= 15 is 0 Å². The molecule has 1 aliphatic rings. The molecule has 0 aromatic heterocycles. The monoisotopic (exact) mass is 265 g/mol. The number of nitrogens with one attached hydrogen (secondary N) is 1. The first kappa shape index (κ1) is 16.3. The fourth-order valence-corrected chi connectivity index (χ4v) is 2.79. The van der Waals surface area contributed by atoms with E-state index in [0.717, 1.165) is 31.1 Å². The molecular formula is C17H31NO. The third-order valence-electron chi connectivity index (χ3n) is 4.25. The van der Waals surface area contributed by atoms with E-state index in [1.54, 1.807) is 0 Å². The Labute approximate surface area is 119 Å². The van der Waals surface area contributed by atoms with E-state index < -0.39 is 0 Å². The van der Waals surface area contributed by atoms with Crippen LogP contribution in [0.4, 0.5) is 0 Å². The summed E-state index contributed by atoms with van der Waals surface area (Å²) in [6, 6.07) is 0.277. The number of rotatable bonds is 8. The minimum absolute atomic E-state index is 0.217. The highest BCUT2D eigenvalue weighted by molar-refractivity contribution is 5.76. The highest BCUT2D eigenvalue weighted by Crippen LogP contribution is 2.28. The van der Waals surface area contributed by atoms with Gasteiger partial charge in [-0.2, -0.15) is 0 Å². The molecule has 2 heteroatoms. The van der Waals surface area contributed by atoms with Crippen LogP contribution in [0.25, 0.3) is 0 Å². The van der Waals surface area contributed by atoms with Crippen LogP contribution in [0.5, 0.6) is 0 Å². The van der Waals surface area contributed by atoms with Gasteiger partial charge in [0.2, 0.25) is 5.91 Å².